The molecule has 0 N–H and O–H groups in total. The molecule has 1 heterocycles. The van der Waals surface area contributed by atoms with Gasteiger partial charge in [-0.2, -0.15) is 0 Å². The van der Waals surface area contributed by atoms with Crippen LogP contribution >= 0.6 is 0 Å². The van der Waals surface area contributed by atoms with Crippen molar-refractivity contribution in [2.75, 3.05) is 20.3 Å². The Morgan fingerprint density at radius 3 is 3.11 bits per heavy atom. The van der Waals surface area contributed by atoms with E-state index in [1.54, 1.807) is 13.2 Å². The minimum absolute atomic E-state index is 0.0462. The number of carbonyl (C=O) groups excluding carboxylic acids is 1. The van der Waals surface area contributed by atoms with Crippen LogP contribution in [0.4, 0.5) is 0 Å². The maximum absolute atomic E-state index is 12.0. The highest BCUT2D eigenvalue weighted by molar-refractivity contribution is 5.89. The molecule has 2 atom stereocenters. The summed E-state index contributed by atoms with van der Waals surface area (Å²) >= 11 is 0. The van der Waals surface area contributed by atoms with Gasteiger partial charge in [0.15, 0.2) is 0 Å². The smallest absolute Gasteiger partial charge is 0.337 e. The van der Waals surface area contributed by atoms with Gasteiger partial charge in [-0.1, -0.05) is 12.7 Å². The molecular formula is C14H20O4. The van der Waals surface area contributed by atoms with E-state index in [1.165, 1.54) is 0 Å². The third-order valence-corrected chi connectivity index (χ3v) is 3.47. The third-order valence-electron chi connectivity index (χ3n) is 3.47. The number of hydrogen-bond donors (Lipinski definition) is 0. The molecule has 2 aliphatic rings. The van der Waals surface area contributed by atoms with E-state index in [9.17, 15) is 4.79 Å². The van der Waals surface area contributed by atoms with Crippen LogP contribution in [0, 0.1) is 5.92 Å². The minimum atomic E-state index is -0.253. The van der Waals surface area contributed by atoms with Crippen molar-refractivity contribution < 1.29 is 19.0 Å². The van der Waals surface area contributed by atoms with Crippen LogP contribution in [0.1, 0.15) is 25.7 Å². The zero-order valence-corrected chi connectivity index (χ0v) is 10.8. The van der Waals surface area contributed by atoms with Gasteiger partial charge in [-0.3, -0.25) is 0 Å². The van der Waals surface area contributed by atoms with E-state index in [4.69, 9.17) is 14.2 Å². The van der Waals surface area contributed by atoms with Gasteiger partial charge in [-0.25, -0.2) is 4.79 Å². The van der Waals surface area contributed by atoms with Crippen molar-refractivity contribution in [3.63, 3.8) is 0 Å². The fraction of sp³-hybridized carbons (Fsp3) is 0.643. The second kappa shape index (κ2) is 6.05. The molecule has 0 amide bonds. The van der Waals surface area contributed by atoms with E-state index in [2.05, 4.69) is 6.58 Å². The fourth-order valence-corrected chi connectivity index (χ4v) is 2.56. The molecule has 1 aliphatic carbocycles. The maximum Gasteiger partial charge on any atom is 0.337 e. The van der Waals surface area contributed by atoms with Gasteiger partial charge in [0, 0.05) is 13.0 Å². The first-order chi connectivity index (χ1) is 8.76. The van der Waals surface area contributed by atoms with Crippen LogP contribution < -0.4 is 0 Å². The molecule has 1 saturated heterocycles. The zero-order chi connectivity index (χ0) is 13.0. The van der Waals surface area contributed by atoms with E-state index in [-0.39, 0.29) is 12.1 Å². The van der Waals surface area contributed by atoms with Crippen LogP contribution in [-0.2, 0) is 19.0 Å². The van der Waals surface area contributed by atoms with Gasteiger partial charge < -0.3 is 14.2 Å². The van der Waals surface area contributed by atoms with Crippen molar-refractivity contribution in [3.05, 3.63) is 24.0 Å². The fourth-order valence-electron chi connectivity index (χ4n) is 2.56. The van der Waals surface area contributed by atoms with Crippen molar-refractivity contribution in [1.82, 2.24) is 0 Å². The summed E-state index contributed by atoms with van der Waals surface area (Å²) in [7, 11) is 1.58. The normalized spacial score (nSPS) is 26.5. The van der Waals surface area contributed by atoms with E-state index in [0.717, 1.165) is 31.4 Å². The Kier molecular flexibility index (Phi) is 4.42. The van der Waals surface area contributed by atoms with E-state index in [0.29, 0.717) is 24.7 Å². The van der Waals surface area contributed by atoms with Gasteiger partial charge in [-0.05, 0) is 25.7 Å². The van der Waals surface area contributed by atoms with E-state index in [1.807, 2.05) is 0 Å². The quantitative estimate of drug-likeness (QED) is 0.427. The Balaban J connectivity index is 2.05. The van der Waals surface area contributed by atoms with Crippen molar-refractivity contribution in [2.45, 2.75) is 31.8 Å². The number of hydrogen-bond acceptors (Lipinski definition) is 4. The van der Waals surface area contributed by atoms with Crippen LogP contribution in [0.25, 0.3) is 0 Å². The largest absolute Gasteiger partial charge is 0.490 e. The average Bonchev–Trinajstić information content (AvgIpc) is 2.81. The molecule has 4 heteroatoms. The molecule has 0 aromatic heterocycles. The number of rotatable bonds is 5. The van der Waals surface area contributed by atoms with Gasteiger partial charge in [-0.15, -0.1) is 0 Å². The lowest BCUT2D eigenvalue weighted by Gasteiger charge is -2.20. The van der Waals surface area contributed by atoms with Crippen molar-refractivity contribution in [1.29, 1.82) is 0 Å². The zero-order valence-electron chi connectivity index (χ0n) is 10.8. The summed E-state index contributed by atoms with van der Waals surface area (Å²) in [5.41, 5.74) is 0.715. The summed E-state index contributed by atoms with van der Waals surface area (Å²) in [6.45, 7) is 4.47. The topological polar surface area (TPSA) is 44.8 Å². The second-order valence-corrected chi connectivity index (χ2v) is 4.69. The molecule has 0 unspecified atom stereocenters. The van der Waals surface area contributed by atoms with Gasteiger partial charge in [0.05, 0.1) is 12.2 Å². The van der Waals surface area contributed by atoms with Gasteiger partial charge in [0.2, 0.25) is 0 Å². The molecule has 4 nitrogen and oxygen atoms in total. The molecule has 2 rings (SSSR count). The number of fused-ring (bicyclic) bond motifs is 1. The first-order valence-electron chi connectivity index (χ1n) is 6.44. The Morgan fingerprint density at radius 2 is 2.39 bits per heavy atom. The molecule has 100 valence electrons. The van der Waals surface area contributed by atoms with Crippen LogP contribution in [0.2, 0.25) is 0 Å². The SMILES string of the molecule is C=C[C@H]1C[C@H]2CCCC(C(=O)OCCOC)=C2O1. The number of allylic oxidation sites excluding steroid dienone is 1. The number of ether oxygens (including phenoxy) is 3. The summed E-state index contributed by atoms with van der Waals surface area (Å²) in [6.07, 6.45) is 5.66. The van der Waals surface area contributed by atoms with E-state index < -0.39 is 0 Å². The Morgan fingerprint density at radius 1 is 1.56 bits per heavy atom. The predicted octanol–water partition coefficient (Wildman–Crippen LogP) is 2.21. The van der Waals surface area contributed by atoms with Crippen LogP contribution in [0.15, 0.2) is 24.0 Å². The lowest BCUT2D eigenvalue weighted by Crippen LogP contribution is -2.18. The monoisotopic (exact) mass is 252 g/mol. The minimum Gasteiger partial charge on any atom is -0.490 e. The molecule has 0 aromatic carbocycles. The van der Waals surface area contributed by atoms with Crippen molar-refractivity contribution >= 4 is 5.97 Å². The number of carbonyl (C=O) groups is 1. The van der Waals surface area contributed by atoms with Crippen molar-refractivity contribution in [2.24, 2.45) is 5.92 Å². The third kappa shape index (κ3) is 2.75. The van der Waals surface area contributed by atoms with Crippen molar-refractivity contribution in [3.8, 4) is 0 Å². The average molecular weight is 252 g/mol. The second-order valence-electron chi connectivity index (χ2n) is 4.69. The van der Waals surface area contributed by atoms with Crippen LogP contribution in [0.3, 0.4) is 0 Å². The molecular weight excluding hydrogens is 232 g/mol. The Hall–Kier alpha value is -1.29. The highest BCUT2D eigenvalue weighted by atomic mass is 16.6. The summed E-state index contributed by atoms with van der Waals surface area (Å²) < 4.78 is 15.8. The Labute approximate surface area is 108 Å². The van der Waals surface area contributed by atoms with Crippen LogP contribution in [-0.4, -0.2) is 32.4 Å². The summed E-state index contributed by atoms with van der Waals surface area (Å²) in [5.74, 6) is 0.955. The molecule has 0 bridgehead atoms. The Bertz CT molecular complexity index is 359. The molecule has 1 fully saturated rings. The number of methoxy groups -OCH3 is 1. The summed E-state index contributed by atoms with van der Waals surface area (Å²) in [6, 6.07) is 0. The van der Waals surface area contributed by atoms with Crippen LogP contribution in [0.5, 0.6) is 0 Å². The lowest BCUT2D eigenvalue weighted by molar-refractivity contribution is -0.140. The predicted molar refractivity (Wildman–Crippen MR) is 66.9 cm³/mol. The first kappa shape index (κ1) is 13.1. The molecule has 0 saturated carbocycles. The lowest BCUT2D eigenvalue weighted by atomic mass is 9.87. The summed E-state index contributed by atoms with van der Waals surface area (Å²) in [5, 5.41) is 0. The standard InChI is InChI=1S/C14H20O4/c1-3-11-9-10-5-4-6-12(13(10)18-11)14(15)17-8-7-16-2/h3,10-11H,1,4-9H2,2H3/t10-,11+/m1/s1. The van der Waals surface area contributed by atoms with Gasteiger partial charge in [0.25, 0.3) is 0 Å². The molecule has 0 radical (unpaired) electrons. The highest BCUT2D eigenvalue weighted by Crippen LogP contribution is 2.41. The highest BCUT2D eigenvalue weighted by Gasteiger charge is 2.36. The first-order valence-corrected chi connectivity index (χ1v) is 6.44. The molecule has 0 aromatic rings. The van der Waals surface area contributed by atoms with Gasteiger partial charge >= 0.3 is 5.97 Å². The van der Waals surface area contributed by atoms with Gasteiger partial charge in [0.1, 0.15) is 18.5 Å². The molecule has 0 spiro atoms. The molecule has 18 heavy (non-hydrogen) atoms. The number of esters is 1. The molecule has 1 aliphatic heterocycles. The summed E-state index contributed by atoms with van der Waals surface area (Å²) in [4.78, 5) is 12.0. The maximum atomic E-state index is 12.0. The van der Waals surface area contributed by atoms with E-state index >= 15 is 0 Å².